The molecule has 0 saturated carbocycles. The molecule has 0 bridgehead atoms. The number of nitrogens with zero attached hydrogens (tertiary/aromatic N) is 1. The molecular formula is C14H16N2O4. The van der Waals surface area contributed by atoms with E-state index < -0.39 is 23.8 Å². The van der Waals surface area contributed by atoms with E-state index in [2.05, 4.69) is 5.32 Å². The molecule has 2 rings (SSSR count). The van der Waals surface area contributed by atoms with Crippen molar-refractivity contribution in [3.05, 3.63) is 35.9 Å². The zero-order valence-corrected chi connectivity index (χ0v) is 11.1. The molecule has 1 aliphatic rings. The number of nitrogens with one attached hydrogen (secondary N) is 1. The van der Waals surface area contributed by atoms with Crippen LogP contribution in [-0.4, -0.2) is 41.4 Å². The van der Waals surface area contributed by atoms with E-state index in [4.69, 9.17) is 0 Å². The van der Waals surface area contributed by atoms with Gasteiger partial charge in [0.2, 0.25) is 11.8 Å². The molecule has 1 fully saturated rings. The van der Waals surface area contributed by atoms with Gasteiger partial charge in [-0.2, -0.15) is 0 Å². The van der Waals surface area contributed by atoms with Gasteiger partial charge in [-0.1, -0.05) is 30.3 Å². The predicted molar refractivity (Wildman–Crippen MR) is 70.7 cm³/mol. The second kappa shape index (κ2) is 5.73. The van der Waals surface area contributed by atoms with E-state index >= 15 is 0 Å². The number of carbonyl (C=O) groups excluding carboxylic acids is 2. The minimum Gasteiger partial charge on any atom is -0.479 e. The normalized spacial score (nSPS) is 19.8. The first-order valence-electron chi connectivity index (χ1n) is 6.31. The summed E-state index contributed by atoms with van der Waals surface area (Å²) >= 11 is 0. The average Bonchev–Trinajstić information content (AvgIpc) is 2.76. The number of hydrogen-bond donors (Lipinski definition) is 2. The Balaban J connectivity index is 2.08. The molecular weight excluding hydrogens is 260 g/mol. The van der Waals surface area contributed by atoms with Crippen LogP contribution in [0.3, 0.4) is 0 Å². The molecule has 20 heavy (non-hydrogen) atoms. The summed E-state index contributed by atoms with van der Waals surface area (Å²) in [4.78, 5) is 36.2. The van der Waals surface area contributed by atoms with Gasteiger partial charge in [0.15, 0.2) is 6.04 Å². The number of carboxylic acids is 1. The first kappa shape index (κ1) is 14.0. The van der Waals surface area contributed by atoms with Crippen molar-refractivity contribution in [3.8, 4) is 0 Å². The molecule has 2 amide bonds. The molecule has 1 aromatic carbocycles. The highest BCUT2D eigenvalue weighted by Gasteiger charge is 2.34. The summed E-state index contributed by atoms with van der Waals surface area (Å²) in [5.74, 6) is -2.11. The molecule has 0 aliphatic carbocycles. The highest BCUT2D eigenvalue weighted by atomic mass is 16.4. The van der Waals surface area contributed by atoms with E-state index in [1.54, 1.807) is 37.4 Å². The van der Waals surface area contributed by atoms with Crippen LogP contribution in [0.15, 0.2) is 30.3 Å². The van der Waals surface area contributed by atoms with Gasteiger partial charge in [-0.15, -0.1) is 0 Å². The van der Waals surface area contributed by atoms with Crippen LogP contribution in [0.2, 0.25) is 0 Å². The smallest absolute Gasteiger partial charge is 0.330 e. The maximum atomic E-state index is 12.1. The maximum absolute atomic E-state index is 12.1. The zero-order chi connectivity index (χ0) is 14.7. The molecule has 2 atom stereocenters. The number of amides is 2. The van der Waals surface area contributed by atoms with Crippen molar-refractivity contribution < 1.29 is 19.5 Å². The van der Waals surface area contributed by atoms with Gasteiger partial charge in [-0.3, -0.25) is 9.59 Å². The van der Waals surface area contributed by atoms with Crippen molar-refractivity contribution >= 4 is 17.8 Å². The third kappa shape index (κ3) is 2.96. The highest BCUT2D eigenvalue weighted by Crippen LogP contribution is 2.19. The van der Waals surface area contributed by atoms with Crippen LogP contribution in [0.4, 0.5) is 0 Å². The van der Waals surface area contributed by atoms with E-state index in [-0.39, 0.29) is 12.3 Å². The number of aliphatic carboxylic acids is 1. The van der Waals surface area contributed by atoms with Crippen molar-refractivity contribution in [1.82, 2.24) is 10.2 Å². The van der Waals surface area contributed by atoms with E-state index in [1.807, 2.05) is 0 Å². The van der Waals surface area contributed by atoms with Crippen molar-refractivity contribution in [2.75, 3.05) is 13.6 Å². The van der Waals surface area contributed by atoms with Crippen LogP contribution >= 0.6 is 0 Å². The van der Waals surface area contributed by atoms with Crippen LogP contribution in [0.5, 0.6) is 0 Å². The summed E-state index contributed by atoms with van der Waals surface area (Å²) in [5.41, 5.74) is 0.506. The molecule has 0 radical (unpaired) electrons. The quantitative estimate of drug-likeness (QED) is 0.833. The van der Waals surface area contributed by atoms with E-state index in [0.717, 1.165) is 0 Å². The van der Waals surface area contributed by atoms with Crippen LogP contribution < -0.4 is 5.32 Å². The van der Waals surface area contributed by atoms with E-state index in [0.29, 0.717) is 12.1 Å². The number of hydrogen-bond acceptors (Lipinski definition) is 3. The van der Waals surface area contributed by atoms with Gasteiger partial charge >= 0.3 is 5.97 Å². The Labute approximate surface area is 116 Å². The van der Waals surface area contributed by atoms with Crippen LogP contribution in [0.25, 0.3) is 0 Å². The van der Waals surface area contributed by atoms with Crippen LogP contribution in [-0.2, 0) is 14.4 Å². The van der Waals surface area contributed by atoms with Crippen LogP contribution in [0, 0.1) is 5.92 Å². The van der Waals surface area contributed by atoms with Gasteiger partial charge in [-0.25, -0.2) is 4.79 Å². The lowest BCUT2D eigenvalue weighted by molar-refractivity contribution is -0.142. The summed E-state index contributed by atoms with van der Waals surface area (Å²) in [7, 11) is 1.63. The molecule has 1 aliphatic heterocycles. The third-order valence-electron chi connectivity index (χ3n) is 3.38. The molecule has 2 unspecified atom stereocenters. The molecule has 6 nitrogen and oxygen atoms in total. The van der Waals surface area contributed by atoms with Crippen molar-refractivity contribution in [3.63, 3.8) is 0 Å². The van der Waals surface area contributed by atoms with Crippen molar-refractivity contribution in [1.29, 1.82) is 0 Å². The van der Waals surface area contributed by atoms with Crippen molar-refractivity contribution in [2.45, 2.75) is 12.5 Å². The number of rotatable bonds is 4. The standard InChI is InChI=1S/C14H16N2O4/c1-16-8-10(7-11(16)17)13(18)15-12(14(19)20)9-5-3-2-4-6-9/h2-6,10,12H,7-8H2,1H3,(H,15,18)(H,19,20). The van der Waals surface area contributed by atoms with Gasteiger partial charge in [0.1, 0.15) is 0 Å². The zero-order valence-electron chi connectivity index (χ0n) is 11.1. The van der Waals surface area contributed by atoms with Crippen molar-refractivity contribution in [2.24, 2.45) is 5.92 Å². The Bertz CT molecular complexity index is 529. The third-order valence-corrected chi connectivity index (χ3v) is 3.38. The number of likely N-dealkylation sites (tertiary alicyclic amines) is 1. The summed E-state index contributed by atoms with van der Waals surface area (Å²) in [6.07, 6.45) is 0.128. The average molecular weight is 276 g/mol. The van der Waals surface area contributed by atoms with Gasteiger partial charge in [0, 0.05) is 20.0 Å². The lowest BCUT2D eigenvalue weighted by Crippen LogP contribution is -2.38. The second-order valence-electron chi connectivity index (χ2n) is 4.87. The number of carboxylic acid groups (broad SMARTS) is 1. The lowest BCUT2D eigenvalue weighted by Gasteiger charge is -2.17. The van der Waals surface area contributed by atoms with Crippen LogP contribution in [0.1, 0.15) is 18.0 Å². The molecule has 0 aromatic heterocycles. The van der Waals surface area contributed by atoms with E-state index in [9.17, 15) is 19.5 Å². The molecule has 1 heterocycles. The molecule has 0 spiro atoms. The molecule has 2 N–H and O–H groups in total. The number of carbonyl (C=O) groups is 3. The first-order valence-corrected chi connectivity index (χ1v) is 6.31. The van der Waals surface area contributed by atoms with Gasteiger partial charge in [0.25, 0.3) is 0 Å². The van der Waals surface area contributed by atoms with Gasteiger partial charge < -0.3 is 15.3 Å². The summed E-state index contributed by atoms with van der Waals surface area (Å²) < 4.78 is 0. The van der Waals surface area contributed by atoms with Gasteiger partial charge in [0.05, 0.1) is 5.92 Å². The topological polar surface area (TPSA) is 86.7 Å². The Kier molecular flexibility index (Phi) is 4.02. The maximum Gasteiger partial charge on any atom is 0.330 e. The molecule has 6 heteroatoms. The molecule has 1 saturated heterocycles. The summed E-state index contributed by atoms with van der Waals surface area (Å²) in [5, 5.41) is 11.7. The largest absolute Gasteiger partial charge is 0.479 e. The minimum atomic E-state index is -1.12. The van der Waals surface area contributed by atoms with E-state index in [1.165, 1.54) is 4.90 Å². The predicted octanol–water partition coefficient (Wildman–Crippen LogP) is 0.407. The molecule has 1 aromatic rings. The fourth-order valence-electron chi connectivity index (χ4n) is 2.23. The Morgan fingerprint density at radius 1 is 1.35 bits per heavy atom. The fourth-order valence-corrected chi connectivity index (χ4v) is 2.23. The highest BCUT2D eigenvalue weighted by molar-refractivity contribution is 5.91. The minimum absolute atomic E-state index is 0.100. The Hall–Kier alpha value is -2.37. The molecule has 106 valence electrons. The summed E-state index contributed by atoms with van der Waals surface area (Å²) in [6, 6.07) is 7.39. The summed E-state index contributed by atoms with van der Waals surface area (Å²) in [6.45, 7) is 0.325. The SMILES string of the molecule is CN1CC(C(=O)NC(C(=O)O)c2ccccc2)CC1=O. The number of benzene rings is 1. The first-order chi connectivity index (χ1) is 9.49. The van der Waals surface area contributed by atoms with Gasteiger partial charge in [-0.05, 0) is 5.56 Å². The Morgan fingerprint density at radius 2 is 2.00 bits per heavy atom. The fraction of sp³-hybridized carbons (Fsp3) is 0.357. The Morgan fingerprint density at radius 3 is 2.50 bits per heavy atom. The monoisotopic (exact) mass is 276 g/mol. The lowest BCUT2D eigenvalue weighted by atomic mass is 10.0. The second-order valence-corrected chi connectivity index (χ2v) is 4.87.